The minimum Gasteiger partial charge on any atom is -0.391 e. The Hall–Kier alpha value is -7.76. The fourth-order valence-electron chi connectivity index (χ4n) is 10.1. The number of aliphatic hydroxyl groups excluding tert-OH is 1. The van der Waals surface area contributed by atoms with Gasteiger partial charge in [-0.3, -0.25) is 33.7 Å². The number of H-pyrrole nitrogens is 1. The number of aliphatic hydroxyl groups is 1. The summed E-state index contributed by atoms with van der Waals surface area (Å²) in [6.45, 7) is 12.1. The number of piperazine rings is 1. The molecule has 2 saturated heterocycles. The molecule has 2 fully saturated rings. The highest BCUT2D eigenvalue weighted by Gasteiger charge is 2.44. The number of β-amino-alcohol motifs (C(OH)–C–C–N with tert-alkyl or cyclic N) is 1. The number of anilines is 2. The second kappa shape index (κ2) is 24.1. The summed E-state index contributed by atoms with van der Waals surface area (Å²) in [6, 6.07) is 15.6. The highest BCUT2D eigenvalue weighted by Crippen LogP contribution is 2.38. The number of likely N-dealkylation sites (tertiary alicyclic amines) is 1. The van der Waals surface area contributed by atoms with Crippen molar-refractivity contribution in [3.8, 4) is 21.6 Å². The van der Waals surface area contributed by atoms with Crippen molar-refractivity contribution < 1.29 is 51.2 Å². The Morgan fingerprint density at radius 1 is 0.899 bits per heavy atom. The molecular weight excluding hydrogens is 1050 g/mol. The molecule has 18 nitrogen and oxygen atoms in total. The Bertz CT molecular complexity index is 3280. The van der Waals surface area contributed by atoms with Gasteiger partial charge in [-0.25, -0.2) is 9.37 Å². The molecule has 6 N–H and O–H groups in total. The second-order valence-electron chi connectivity index (χ2n) is 20.5. The van der Waals surface area contributed by atoms with Crippen LogP contribution in [0, 0.1) is 25.6 Å². The van der Waals surface area contributed by atoms with Crippen LogP contribution >= 0.6 is 11.3 Å². The first kappa shape index (κ1) is 57.4. The van der Waals surface area contributed by atoms with Gasteiger partial charge in [-0.1, -0.05) is 49.3 Å². The third-order valence-corrected chi connectivity index (χ3v) is 15.4. The van der Waals surface area contributed by atoms with Crippen LogP contribution in [0.4, 0.5) is 28.9 Å². The Morgan fingerprint density at radius 2 is 1.59 bits per heavy atom. The van der Waals surface area contributed by atoms with Crippen molar-refractivity contribution in [1.29, 1.82) is 0 Å². The molecule has 5 amide bonds. The summed E-state index contributed by atoms with van der Waals surface area (Å²) >= 11 is 1.47. The Labute approximate surface area is 457 Å². The van der Waals surface area contributed by atoms with E-state index in [9.17, 15) is 47.0 Å². The van der Waals surface area contributed by atoms with Crippen molar-refractivity contribution >= 4 is 52.2 Å². The zero-order chi connectivity index (χ0) is 57.0. The summed E-state index contributed by atoms with van der Waals surface area (Å²) in [4.78, 5) is 94.2. The minimum absolute atomic E-state index is 0.0297. The van der Waals surface area contributed by atoms with E-state index in [0.29, 0.717) is 48.1 Å². The molecule has 0 bridgehead atoms. The first-order valence-corrected chi connectivity index (χ1v) is 26.6. The molecule has 5 heterocycles. The fraction of sp³-hybridized carbons (Fsp3) is 0.393. The number of aromatic amines is 1. The van der Waals surface area contributed by atoms with Gasteiger partial charge in [0.05, 0.1) is 62.8 Å². The lowest BCUT2D eigenvalue weighted by Gasteiger charge is -2.44. The molecule has 0 saturated carbocycles. The van der Waals surface area contributed by atoms with Crippen LogP contribution in [0.15, 0.2) is 93.8 Å². The van der Waals surface area contributed by atoms with Crippen LogP contribution < -0.4 is 31.7 Å². The summed E-state index contributed by atoms with van der Waals surface area (Å²) in [5, 5.41) is 25.8. The van der Waals surface area contributed by atoms with Crippen molar-refractivity contribution in [1.82, 2.24) is 40.9 Å². The number of carbonyl (C=O) groups excluding carboxylic acids is 5. The van der Waals surface area contributed by atoms with Crippen LogP contribution in [0.5, 0.6) is 0 Å². The number of thiazole rings is 1. The van der Waals surface area contributed by atoms with Gasteiger partial charge < -0.3 is 45.7 Å². The average Bonchev–Trinajstić information content (AvgIpc) is 4.19. The van der Waals surface area contributed by atoms with E-state index in [4.69, 9.17) is 4.52 Å². The van der Waals surface area contributed by atoms with Gasteiger partial charge >= 0.3 is 6.18 Å². The van der Waals surface area contributed by atoms with Gasteiger partial charge in [0.25, 0.3) is 11.8 Å². The topological polar surface area (TPSA) is 235 Å². The smallest absolute Gasteiger partial charge is 0.391 e. The van der Waals surface area contributed by atoms with Crippen molar-refractivity contribution in [3.63, 3.8) is 0 Å². The number of halogens is 4. The number of nitrogens with one attached hydrogen (secondary N) is 5. The number of nitrogens with zero attached hydrogens (tertiary/aromatic N) is 5. The molecule has 418 valence electrons. The van der Waals surface area contributed by atoms with Gasteiger partial charge in [-0.2, -0.15) is 13.2 Å². The first-order chi connectivity index (χ1) is 37.5. The SMILES string of the molecule is Cc1cc(C(C(=O)N2C[C@H](O)C[C@H]2C(=O)NC(CC(=O)NCCNC(=O)c2ccc(F)c(-c3ccc(N4C[C@@H](C)N(C)[C@@H](C)C4)c(NC(=O)c4c[nH]c(=O)cc4C(F)(F)F)c3)c2)c2ccc(-c3scnc3C)cc2)C(C)C)on1. The Kier molecular flexibility index (Phi) is 17.5. The zero-order valence-electron chi connectivity index (χ0n) is 44.5. The third kappa shape index (κ3) is 13.2. The number of pyridine rings is 1. The van der Waals surface area contributed by atoms with Crippen molar-refractivity contribution in [2.75, 3.05) is 50.0 Å². The van der Waals surface area contributed by atoms with Gasteiger partial charge in [0.15, 0.2) is 0 Å². The maximum absolute atomic E-state index is 15.8. The summed E-state index contributed by atoms with van der Waals surface area (Å²) in [7, 11) is 1.97. The summed E-state index contributed by atoms with van der Waals surface area (Å²) in [5.74, 6) is -4.68. The maximum Gasteiger partial charge on any atom is 0.417 e. The molecule has 0 radical (unpaired) electrons. The number of likely N-dealkylation sites (N-methyl/N-ethyl adjacent to an activating group) is 1. The van der Waals surface area contributed by atoms with E-state index in [-0.39, 0.29) is 72.9 Å². The van der Waals surface area contributed by atoms with Crippen LogP contribution in [0.25, 0.3) is 21.6 Å². The molecular formula is C56H62F4N10O8S. The van der Waals surface area contributed by atoms with E-state index in [2.05, 4.69) is 41.3 Å². The van der Waals surface area contributed by atoms with Crippen molar-refractivity contribution in [2.45, 2.75) is 96.7 Å². The van der Waals surface area contributed by atoms with Crippen LogP contribution in [0.1, 0.15) is 101 Å². The predicted molar refractivity (Wildman–Crippen MR) is 289 cm³/mol. The summed E-state index contributed by atoms with van der Waals surface area (Å²) in [5.41, 5.74) is 1.98. The van der Waals surface area contributed by atoms with E-state index in [1.165, 1.54) is 34.4 Å². The molecule has 6 atom stereocenters. The number of hydrogen-bond donors (Lipinski definition) is 6. The highest BCUT2D eigenvalue weighted by molar-refractivity contribution is 7.13. The normalized spacial score (nSPS) is 18.5. The second-order valence-corrected chi connectivity index (χ2v) is 21.4. The van der Waals surface area contributed by atoms with Gasteiger partial charge in [0.1, 0.15) is 23.5 Å². The van der Waals surface area contributed by atoms with E-state index < -0.39 is 82.3 Å². The lowest BCUT2D eigenvalue weighted by molar-refractivity contribution is -0.141. The van der Waals surface area contributed by atoms with Crippen LogP contribution in [-0.4, -0.2) is 124 Å². The van der Waals surface area contributed by atoms with E-state index >= 15 is 4.39 Å². The molecule has 2 aliphatic rings. The van der Waals surface area contributed by atoms with Gasteiger partial charge in [0.2, 0.25) is 23.3 Å². The third-order valence-electron chi connectivity index (χ3n) is 14.5. The first-order valence-electron chi connectivity index (χ1n) is 25.8. The number of alkyl halides is 3. The van der Waals surface area contributed by atoms with Crippen LogP contribution in [0.3, 0.4) is 0 Å². The molecule has 0 aliphatic carbocycles. The molecule has 23 heteroatoms. The van der Waals surface area contributed by atoms with E-state index in [1.807, 2.05) is 58.7 Å². The molecule has 8 rings (SSSR count). The number of hydrogen-bond acceptors (Lipinski definition) is 13. The highest BCUT2D eigenvalue weighted by atomic mass is 32.1. The maximum atomic E-state index is 15.8. The van der Waals surface area contributed by atoms with Gasteiger partial charge in [-0.15, -0.1) is 11.3 Å². The monoisotopic (exact) mass is 1110 g/mol. The fourth-order valence-corrected chi connectivity index (χ4v) is 10.9. The number of aryl methyl sites for hydroxylation is 2. The quantitative estimate of drug-likeness (QED) is 0.0393. The zero-order valence-corrected chi connectivity index (χ0v) is 45.4. The molecule has 3 aromatic carbocycles. The molecule has 2 aliphatic heterocycles. The van der Waals surface area contributed by atoms with E-state index in [1.54, 1.807) is 42.8 Å². The van der Waals surface area contributed by atoms with Crippen molar-refractivity contribution in [2.24, 2.45) is 5.92 Å². The summed E-state index contributed by atoms with van der Waals surface area (Å²) < 4.78 is 63.5. The van der Waals surface area contributed by atoms with Gasteiger partial charge in [-0.05, 0) is 87.7 Å². The van der Waals surface area contributed by atoms with E-state index in [0.717, 1.165) is 22.2 Å². The lowest BCUT2D eigenvalue weighted by atomic mass is 9.91. The Balaban J connectivity index is 0.962. The number of carbonyl (C=O) groups is 5. The van der Waals surface area contributed by atoms with Gasteiger partial charge in [0, 0.05) is 80.7 Å². The predicted octanol–water partition coefficient (Wildman–Crippen LogP) is 7.20. The Morgan fingerprint density at radius 3 is 2.24 bits per heavy atom. The largest absolute Gasteiger partial charge is 0.417 e. The average molecular weight is 1110 g/mol. The molecule has 0 spiro atoms. The summed E-state index contributed by atoms with van der Waals surface area (Å²) in [6.07, 6.45) is -5.62. The molecule has 3 aromatic heterocycles. The number of benzene rings is 3. The molecule has 2 unspecified atom stereocenters. The molecule has 6 aromatic rings. The number of rotatable bonds is 17. The van der Waals surface area contributed by atoms with Crippen LogP contribution in [0.2, 0.25) is 0 Å². The standard InChI is InChI=1S/C56H62F4N10O8S/c1-29(2)50(47-18-30(3)67-78-47)55(77)70-27-38(71)21-46(70)54(76)65-43(34-8-10-35(11-9-34)51-33(6)64-28-79-51)23-49(73)61-16-17-62-52(74)37-12-14-42(57)39(19-37)36-13-15-45(69-25-31(4)68(7)32(5)26-69)44(20-36)66-53(75)40-24-63-48(72)22-41(40)56(58,59)60/h8-15,18-20,22,24,28-29,31-32,38,43,46,50,71H,16-17,21,23,25-27H2,1-7H3,(H,61,73)(H,62,74)(H,63,72)(H,65,76)(H,66,75)/t31-,32+,38-,43?,46+,50?/m1/s1. The molecule has 79 heavy (non-hydrogen) atoms. The number of aromatic nitrogens is 3. The van der Waals surface area contributed by atoms with Crippen LogP contribution in [-0.2, 0) is 20.6 Å². The minimum atomic E-state index is -5.03. The number of amides is 5. The van der Waals surface area contributed by atoms with Crippen molar-refractivity contribution in [3.05, 3.63) is 140 Å². The lowest BCUT2D eigenvalue weighted by Crippen LogP contribution is -2.55.